The number of nitrogens with two attached hydrogens (primary N) is 1. The molecule has 1 aromatic heterocycles. The van der Waals surface area contributed by atoms with Gasteiger partial charge in [-0.3, -0.25) is 9.59 Å². The van der Waals surface area contributed by atoms with Gasteiger partial charge in [0, 0.05) is 31.3 Å². The number of nitrogens with one attached hydrogen (secondary N) is 1. The minimum absolute atomic E-state index is 0.0110. The maximum atomic E-state index is 12.2. The smallest absolute Gasteiger partial charge is 0.250 e. The lowest BCUT2D eigenvalue weighted by Crippen LogP contribution is -2.34. The van der Waals surface area contributed by atoms with E-state index in [0.717, 1.165) is 31.2 Å². The van der Waals surface area contributed by atoms with Gasteiger partial charge in [-0.15, -0.1) is 0 Å². The van der Waals surface area contributed by atoms with E-state index in [0.29, 0.717) is 5.69 Å². The second-order valence-electron chi connectivity index (χ2n) is 5.43. The van der Waals surface area contributed by atoms with Gasteiger partial charge in [0.05, 0.1) is 5.69 Å². The highest BCUT2D eigenvalue weighted by molar-refractivity contribution is 5.93. The van der Waals surface area contributed by atoms with Crippen LogP contribution >= 0.6 is 0 Å². The molecule has 1 aliphatic carbocycles. The number of carbonyl (C=O) groups excluding carboxylic acids is 1. The Morgan fingerprint density at radius 3 is 2.89 bits per heavy atom. The third-order valence-electron chi connectivity index (χ3n) is 3.78. The maximum Gasteiger partial charge on any atom is 0.250 e. The fraction of sp³-hybridized carbons (Fsp3) is 0.571. The number of aromatic nitrogens is 1. The van der Waals surface area contributed by atoms with Crippen molar-refractivity contribution in [2.45, 2.75) is 38.6 Å². The van der Waals surface area contributed by atoms with Crippen LogP contribution < -0.4 is 16.6 Å². The minimum atomic E-state index is -0.0739. The molecule has 19 heavy (non-hydrogen) atoms. The molecule has 1 amide bonds. The number of amides is 1. The third kappa shape index (κ3) is 3.23. The van der Waals surface area contributed by atoms with Gasteiger partial charge >= 0.3 is 0 Å². The highest BCUT2D eigenvalue weighted by atomic mass is 16.2. The van der Waals surface area contributed by atoms with Crippen LogP contribution in [0, 0.1) is 12.8 Å². The Bertz CT molecular complexity index is 536. The monoisotopic (exact) mass is 263 g/mol. The molecule has 1 aromatic rings. The molecule has 2 atom stereocenters. The summed E-state index contributed by atoms with van der Waals surface area (Å²) in [5.41, 5.74) is 7.32. The van der Waals surface area contributed by atoms with Crippen LogP contribution in [0.15, 0.2) is 17.1 Å². The van der Waals surface area contributed by atoms with Gasteiger partial charge in [0.25, 0.3) is 5.56 Å². The van der Waals surface area contributed by atoms with Crippen LogP contribution in [0.2, 0.25) is 0 Å². The van der Waals surface area contributed by atoms with E-state index in [1.807, 2.05) is 6.92 Å². The zero-order valence-electron chi connectivity index (χ0n) is 11.5. The lowest BCUT2D eigenvalue weighted by molar-refractivity contribution is -0.120. The fourth-order valence-corrected chi connectivity index (χ4v) is 2.56. The van der Waals surface area contributed by atoms with Crippen molar-refractivity contribution in [1.29, 1.82) is 0 Å². The molecule has 0 spiro atoms. The van der Waals surface area contributed by atoms with Crippen molar-refractivity contribution in [3.05, 3.63) is 28.2 Å². The SMILES string of the molecule is Cc1cc(=O)n(C)cc1NC(=O)C1CCCC(N)C1. The van der Waals surface area contributed by atoms with Crippen molar-refractivity contribution in [1.82, 2.24) is 4.57 Å². The summed E-state index contributed by atoms with van der Waals surface area (Å²) in [6.07, 6.45) is 5.31. The van der Waals surface area contributed by atoms with Gasteiger partial charge in [0.1, 0.15) is 0 Å². The first-order valence-electron chi connectivity index (χ1n) is 6.71. The predicted molar refractivity (Wildman–Crippen MR) is 75.0 cm³/mol. The highest BCUT2D eigenvalue weighted by Gasteiger charge is 2.25. The molecule has 2 unspecified atom stereocenters. The number of nitrogens with zero attached hydrogens (tertiary/aromatic N) is 1. The van der Waals surface area contributed by atoms with Crippen LogP contribution in [0.25, 0.3) is 0 Å². The van der Waals surface area contributed by atoms with E-state index in [-0.39, 0.29) is 23.4 Å². The average Bonchev–Trinajstić information content (AvgIpc) is 2.36. The van der Waals surface area contributed by atoms with E-state index in [4.69, 9.17) is 5.73 Å². The maximum absolute atomic E-state index is 12.2. The number of hydrogen-bond acceptors (Lipinski definition) is 3. The molecule has 5 nitrogen and oxygen atoms in total. The van der Waals surface area contributed by atoms with Gasteiger partial charge in [-0.25, -0.2) is 0 Å². The van der Waals surface area contributed by atoms with E-state index in [2.05, 4.69) is 5.32 Å². The molecule has 104 valence electrons. The van der Waals surface area contributed by atoms with Crippen LogP contribution in [0.1, 0.15) is 31.2 Å². The molecule has 5 heteroatoms. The van der Waals surface area contributed by atoms with Gasteiger partial charge < -0.3 is 15.6 Å². The number of hydrogen-bond donors (Lipinski definition) is 2. The number of aryl methyl sites for hydroxylation is 2. The zero-order chi connectivity index (χ0) is 14.0. The third-order valence-corrected chi connectivity index (χ3v) is 3.78. The van der Waals surface area contributed by atoms with Gasteiger partial charge in [-0.05, 0) is 31.7 Å². The topological polar surface area (TPSA) is 77.1 Å². The summed E-state index contributed by atoms with van der Waals surface area (Å²) in [6.45, 7) is 1.82. The number of rotatable bonds is 2. The molecular formula is C14H21N3O2. The second-order valence-corrected chi connectivity index (χ2v) is 5.43. The Morgan fingerprint density at radius 2 is 2.21 bits per heavy atom. The lowest BCUT2D eigenvalue weighted by atomic mass is 9.85. The van der Waals surface area contributed by atoms with Crippen LogP contribution in [-0.2, 0) is 11.8 Å². The summed E-state index contributed by atoms with van der Waals surface area (Å²) in [6, 6.07) is 1.66. The Labute approximate surface area is 112 Å². The van der Waals surface area contributed by atoms with Crippen molar-refractivity contribution in [3.63, 3.8) is 0 Å². The van der Waals surface area contributed by atoms with Crippen molar-refractivity contribution < 1.29 is 4.79 Å². The van der Waals surface area contributed by atoms with E-state index in [1.54, 1.807) is 13.2 Å². The first kappa shape index (κ1) is 13.8. The van der Waals surface area contributed by atoms with Gasteiger partial charge in [0.15, 0.2) is 0 Å². The summed E-state index contributed by atoms with van der Waals surface area (Å²) in [4.78, 5) is 23.7. The fourth-order valence-electron chi connectivity index (χ4n) is 2.56. The van der Waals surface area contributed by atoms with Crippen LogP contribution in [0.4, 0.5) is 5.69 Å². The standard InChI is InChI=1S/C14H21N3O2/c1-9-6-13(18)17(2)8-12(9)16-14(19)10-4-3-5-11(15)7-10/h6,8,10-11H,3-5,7,15H2,1-2H3,(H,16,19). The largest absolute Gasteiger partial charge is 0.328 e. The molecule has 1 saturated carbocycles. The Hall–Kier alpha value is -1.62. The summed E-state index contributed by atoms with van der Waals surface area (Å²) >= 11 is 0. The Kier molecular flexibility index (Phi) is 4.04. The zero-order valence-corrected chi connectivity index (χ0v) is 11.5. The van der Waals surface area contributed by atoms with Gasteiger partial charge in [-0.1, -0.05) is 6.42 Å². The van der Waals surface area contributed by atoms with Crippen LogP contribution in [-0.4, -0.2) is 16.5 Å². The highest BCUT2D eigenvalue weighted by Crippen LogP contribution is 2.24. The molecule has 1 aliphatic rings. The first-order chi connectivity index (χ1) is 8.97. The van der Waals surface area contributed by atoms with Crippen molar-refractivity contribution >= 4 is 11.6 Å². The molecule has 0 saturated heterocycles. The molecule has 0 aromatic carbocycles. The lowest BCUT2D eigenvalue weighted by Gasteiger charge is -2.25. The molecule has 0 bridgehead atoms. The van der Waals surface area contributed by atoms with E-state index in [1.165, 1.54) is 10.6 Å². The van der Waals surface area contributed by atoms with Crippen molar-refractivity contribution in [2.75, 3.05) is 5.32 Å². The first-order valence-corrected chi connectivity index (χ1v) is 6.71. The van der Waals surface area contributed by atoms with E-state index < -0.39 is 0 Å². The van der Waals surface area contributed by atoms with E-state index >= 15 is 0 Å². The minimum Gasteiger partial charge on any atom is -0.328 e. The molecule has 0 radical (unpaired) electrons. The molecule has 3 N–H and O–H groups in total. The predicted octanol–water partition coefficient (Wildman–Crippen LogP) is 1.15. The quantitative estimate of drug-likeness (QED) is 0.840. The van der Waals surface area contributed by atoms with E-state index in [9.17, 15) is 9.59 Å². The average molecular weight is 263 g/mol. The number of pyridine rings is 1. The summed E-state index contributed by atoms with van der Waals surface area (Å²) < 4.78 is 1.47. The second kappa shape index (κ2) is 5.57. The van der Waals surface area contributed by atoms with Crippen LogP contribution in [0.3, 0.4) is 0 Å². The summed E-state index contributed by atoms with van der Waals surface area (Å²) in [7, 11) is 1.67. The Balaban J connectivity index is 2.10. The van der Waals surface area contributed by atoms with Crippen molar-refractivity contribution in [2.24, 2.45) is 18.7 Å². The number of carbonyl (C=O) groups is 1. The molecular weight excluding hydrogens is 242 g/mol. The molecule has 2 rings (SSSR count). The Morgan fingerprint density at radius 1 is 1.47 bits per heavy atom. The molecule has 1 heterocycles. The van der Waals surface area contributed by atoms with Crippen LogP contribution in [0.5, 0.6) is 0 Å². The number of anilines is 1. The van der Waals surface area contributed by atoms with Gasteiger partial charge in [0.2, 0.25) is 5.91 Å². The normalized spacial score (nSPS) is 23.1. The molecule has 0 aliphatic heterocycles. The summed E-state index contributed by atoms with van der Waals surface area (Å²) in [5.74, 6) is -0.00252. The molecule has 1 fully saturated rings. The van der Waals surface area contributed by atoms with Gasteiger partial charge in [-0.2, -0.15) is 0 Å². The van der Waals surface area contributed by atoms with Crippen molar-refractivity contribution in [3.8, 4) is 0 Å². The summed E-state index contributed by atoms with van der Waals surface area (Å²) in [5, 5.41) is 2.91.